The molecule has 0 bridgehead atoms. The Balaban J connectivity index is 2.62. The van der Waals surface area contributed by atoms with Gasteiger partial charge >= 0.3 is 5.97 Å². The van der Waals surface area contributed by atoms with Crippen molar-refractivity contribution in [2.45, 2.75) is 59.5 Å². The zero-order chi connectivity index (χ0) is 19.9. The number of hydrogen-bond acceptors (Lipinski definition) is 4. The lowest BCUT2D eigenvalue weighted by Crippen LogP contribution is -2.52. The SMILES string of the molecule is CCOC(=O)C(C)(C)N(C)CC(=O)NC(C)c1ccc(CC(C)C)cc1. The van der Waals surface area contributed by atoms with Crippen molar-refractivity contribution in [2.75, 3.05) is 20.2 Å². The summed E-state index contributed by atoms with van der Waals surface area (Å²) < 4.78 is 5.09. The Hall–Kier alpha value is -1.88. The minimum atomic E-state index is -0.852. The first kappa shape index (κ1) is 22.2. The van der Waals surface area contributed by atoms with Gasteiger partial charge in [-0.2, -0.15) is 0 Å². The number of amides is 1. The van der Waals surface area contributed by atoms with E-state index >= 15 is 0 Å². The quantitative estimate of drug-likeness (QED) is 0.685. The summed E-state index contributed by atoms with van der Waals surface area (Å²) in [6.07, 6.45) is 1.05. The third-order valence-corrected chi connectivity index (χ3v) is 4.61. The first-order valence-corrected chi connectivity index (χ1v) is 9.34. The number of carbonyl (C=O) groups excluding carboxylic acids is 2. The van der Waals surface area contributed by atoms with Crippen LogP contribution in [-0.2, 0) is 20.7 Å². The van der Waals surface area contributed by atoms with Gasteiger partial charge in [0.05, 0.1) is 19.2 Å². The molecule has 1 aromatic carbocycles. The highest BCUT2D eigenvalue weighted by molar-refractivity contribution is 5.82. The molecule has 146 valence electrons. The molecule has 0 saturated heterocycles. The molecular weight excluding hydrogens is 328 g/mol. The minimum absolute atomic E-state index is 0.0882. The van der Waals surface area contributed by atoms with E-state index in [0.29, 0.717) is 12.5 Å². The molecule has 26 heavy (non-hydrogen) atoms. The molecule has 1 amide bonds. The predicted molar refractivity (Wildman–Crippen MR) is 105 cm³/mol. The molecule has 1 atom stereocenters. The van der Waals surface area contributed by atoms with E-state index in [4.69, 9.17) is 4.74 Å². The monoisotopic (exact) mass is 362 g/mol. The summed E-state index contributed by atoms with van der Waals surface area (Å²) >= 11 is 0. The van der Waals surface area contributed by atoms with Crippen molar-refractivity contribution in [1.29, 1.82) is 0 Å². The van der Waals surface area contributed by atoms with E-state index in [0.717, 1.165) is 12.0 Å². The van der Waals surface area contributed by atoms with Crippen LogP contribution in [0.3, 0.4) is 0 Å². The van der Waals surface area contributed by atoms with Crippen LogP contribution in [0.4, 0.5) is 0 Å². The van der Waals surface area contributed by atoms with Crippen molar-refractivity contribution in [3.05, 3.63) is 35.4 Å². The van der Waals surface area contributed by atoms with Crippen molar-refractivity contribution in [2.24, 2.45) is 5.92 Å². The van der Waals surface area contributed by atoms with E-state index in [1.165, 1.54) is 5.56 Å². The van der Waals surface area contributed by atoms with Gasteiger partial charge in [-0.15, -0.1) is 0 Å². The zero-order valence-electron chi connectivity index (χ0n) is 17.3. The predicted octanol–water partition coefficient (Wildman–Crippen LogP) is 3.34. The van der Waals surface area contributed by atoms with Gasteiger partial charge in [0.15, 0.2) is 0 Å². The first-order valence-electron chi connectivity index (χ1n) is 9.34. The van der Waals surface area contributed by atoms with Gasteiger partial charge < -0.3 is 10.1 Å². The molecular formula is C21H34N2O3. The van der Waals surface area contributed by atoms with Crippen LogP contribution in [0.25, 0.3) is 0 Å². The number of benzene rings is 1. The van der Waals surface area contributed by atoms with Crippen LogP contribution in [0.1, 0.15) is 58.7 Å². The molecule has 0 heterocycles. The summed E-state index contributed by atoms with van der Waals surface area (Å²) in [4.78, 5) is 26.1. The number of ether oxygens (including phenoxy) is 1. The van der Waals surface area contributed by atoms with Crippen LogP contribution in [-0.4, -0.2) is 42.5 Å². The van der Waals surface area contributed by atoms with Crippen molar-refractivity contribution >= 4 is 11.9 Å². The highest BCUT2D eigenvalue weighted by atomic mass is 16.5. The molecule has 0 aliphatic heterocycles. The number of rotatable bonds is 9. The topological polar surface area (TPSA) is 58.6 Å². The van der Waals surface area contributed by atoms with Gasteiger partial charge in [-0.05, 0) is 58.2 Å². The van der Waals surface area contributed by atoms with E-state index in [-0.39, 0.29) is 24.5 Å². The molecule has 0 radical (unpaired) electrons. The number of likely N-dealkylation sites (N-methyl/N-ethyl adjacent to an activating group) is 1. The molecule has 0 saturated carbocycles. The summed E-state index contributed by atoms with van der Waals surface area (Å²) in [5.41, 5.74) is 1.52. The number of hydrogen-bond donors (Lipinski definition) is 1. The molecule has 5 heteroatoms. The Bertz CT molecular complexity index is 594. The Labute approximate surface area is 158 Å². The van der Waals surface area contributed by atoms with Gasteiger partial charge in [-0.1, -0.05) is 38.1 Å². The minimum Gasteiger partial charge on any atom is -0.465 e. The van der Waals surface area contributed by atoms with Crippen LogP contribution in [0.2, 0.25) is 0 Å². The van der Waals surface area contributed by atoms with E-state index in [1.807, 2.05) is 6.92 Å². The van der Waals surface area contributed by atoms with Crippen molar-refractivity contribution < 1.29 is 14.3 Å². The lowest BCUT2D eigenvalue weighted by molar-refractivity contribution is -0.155. The molecule has 0 aliphatic rings. The molecule has 0 aliphatic carbocycles. The average Bonchev–Trinajstić information content (AvgIpc) is 2.54. The van der Waals surface area contributed by atoms with E-state index < -0.39 is 5.54 Å². The first-order chi connectivity index (χ1) is 12.1. The van der Waals surface area contributed by atoms with E-state index in [1.54, 1.807) is 32.7 Å². The Morgan fingerprint density at radius 3 is 2.23 bits per heavy atom. The van der Waals surface area contributed by atoms with Crippen molar-refractivity contribution in [1.82, 2.24) is 10.2 Å². The zero-order valence-corrected chi connectivity index (χ0v) is 17.3. The van der Waals surface area contributed by atoms with Crippen LogP contribution >= 0.6 is 0 Å². The van der Waals surface area contributed by atoms with E-state index in [2.05, 4.69) is 43.4 Å². The molecule has 5 nitrogen and oxygen atoms in total. The summed E-state index contributed by atoms with van der Waals surface area (Å²) in [7, 11) is 1.75. The highest BCUT2D eigenvalue weighted by Crippen LogP contribution is 2.17. The largest absolute Gasteiger partial charge is 0.465 e. The molecule has 1 aromatic rings. The molecule has 0 spiro atoms. The average molecular weight is 363 g/mol. The molecule has 0 fully saturated rings. The fraction of sp³-hybridized carbons (Fsp3) is 0.619. The van der Waals surface area contributed by atoms with E-state index in [9.17, 15) is 9.59 Å². The van der Waals surface area contributed by atoms with Gasteiger partial charge in [0.2, 0.25) is 5.91 Å². The van der Waals surface area contributed by atoms with Crippen LogP contribution < -0.4 is 5.32 Å². The fourth-order valence-corrected chi connectivity index (χ4v) is 2.66. The number of esters is 1. The second kappa shape index (κ2) is 9.72. The molecule has 1 rings (SSSR count). The lowest BCUT2D eigenvalue weighted by atomic mass is 10.00. The second-order valence-electron chi connectivity index (χ2n) is 7.76. The maximum Gasteiger partial charge on any atom is 0.325 e. The van der Waals surface area contributed by atoms with Gasteiger partial charge in [0.1, 0.15) is 5.54 Å². The molecule has 1 N–H and O–H groups in total. The Morgan fingerprint density at radius 1 is 1.15 bits per heavy atom. The molecule has 1 unspecified atom stereocenters. The van der Waals surface area contributed by atoms with Gasteiger partial charge in [0, 0.05) is 0 Å². The summed E-state index contributed by atoms with van der Waals surface area (Å²) in [6.45, 7) is 12.1. The number of carbonyl (C=O) groups is 2. The number of nitrogens with one attached hydrogen (secondary N) is 1. The Kier molecular flexibility index (Phi) is 8.28. The molecule has 0 aromatic heterocycles. The smallest absolute Gasteiger partial charge is 0.325 e. The Morgan fingerprint density at radius 2 is 1.73 bits per heavy atom. The standard InChI is InChI=1S/C21H34N2O3/c1-8-26-20(25)21(5,6)23(7)14-19(24)22-16(4)18-11-9-17(10-12-18)13-15(2)3/h9-12,15-16H,8,13-14H2,1-7H3,(H,22,24). The summed E-state index contributed by atoms with van der Waals surface area (Å²) in [5.74, 6) is 0.170. The van der Waals surface area contributed by atoms with Gasteiger partial charge in [0.25, 0.3) is 0 Å². The van der Waals surface area contributed by atoms with Gasteiger partial charge in [-0.3, -0.25) is 14.5 Å². The van der Waals surface area contributed by atoms with Crippen molar-refractivity contribution in [3.8, 4) is 0 Å². The normalized spacial score (nSPS) is 13.0. The maximum absolute atomic E-state index is 12.4. The summed E-state index contributed by atoms with van der Waals surface area (Å²) in [5, 5.41) is 3.00. The van der Waals surface area contributed by atoms with Crippen LogP contribution in [0, 0.1) is 5.92 Å². The third-order valence-electron chi connectivity index (χ3n) is 4.61. The fourth-order valence-electron chi connectivity index (χ4n) is 2.66. The number of nitrogens with zero attached hydrogens (tertiary/aromatic N) is 1. The van der Waals surface area contributed by atoms with Crippen LogP contribution in [0.15, 0.2) is 24.3 Å². The second-order valence-corrected chi connectivity index (χ2v) is 7.76. The maximum atomic E-state index is 12.4. The van der Waals surface area contributed by atoms with Crippen LogP contribution in [0.5, 0.6) is 0 Å². The lowest BCUT2D eigenvalue weighted by Gasteiger charge is -2.32. The summed E-state index contributed by atoms with van der Waals surface area (Å²) in [6, 6.07) is 8.28. The van der Waals surface area contributed by atoms with Crippen molar-refractivity contribution in [3.63, 3.8) is 0 Å². The third kappa shape index (κ3) is 6.45. The highest BCUT2D eigenvalue weighted by Gasteiger charge is 2.34. The van der Waals surface area contributed by atoms with Gasteiger partial charge in [-0.25, -0.2) is 0 Å².